The van der Waals surface area contributed by atoms with E-state index in [0.717, 1.165) is 16.2 Å². The second-order valence-corrected chi connectivity index (χ2v) is 12.7. The van der Waals surface area contributed by atoms with E-state index in [9.17, 15) is 26.7 Å². The van der Waals surface area contributed by atoms with E-state index in [1.54, 1.807) is 36.4 Å². The van der Waals surface area contributed by atoms with Gasteiger partial charge in [-0.15, -0.1) is 11.3 Å². The first-order valence-corrected chi connectivity index (χ1v) is 14.2. The Morgan fingerprint density at radius 3 is 2.51 bits per heavy atom. The summed E-state index contributed by atoms with van der Waals surface area (Å²) in [5.41, 5.74) is -1.95. The van der Waals surface area contributed by atoms with Crippen molar-refractivity contribution >= 4 is 43.0 Å². The van der Waals surface area contributed by atoms with Gasteiger partial charge in [-0.3, -0.25) is 4.98 Å². The van der Waals surface area contributed by atoms with E-state index in [2.05, 4.69) is 9.71 Å². The van der Waals surface area contributed by atoms with Crippen LogP contribution in [-0.4, -0.2) is 29.9 Å². The molecule has 4 aromatic rings. The van der Waals surface area contributed by atoms with Crippen LogP contribution in [0.5, 0.6) is 0 Å². The maximum absolute atomic E-state index is 13.5. The Kier molecular flexibility index (Phi) is 6.60. The van der Waals surface area contributed by atoms with E-state index in [1.807, 2.05) is 12.1 Å². The minimum absolute atomic E-state index is 0.258. The maximum Gasteiger partial charge on any atom is 0.421 e. The fraction of sp³-hybridized carbons (Fsp3) is 0.269. The number of benzene rings is 2. The van der Waals surface area contributed by atoms with Gasteiger partial charge in [-0.25, -0.2) is 13.1 Å². The summed E-state index contributed by atoms with van der Waals surface area (Å²) in [6.07, 6.45) is -2.43. The molecule has 0 unspecified atom stereocenters. The highest BCUT2D eigenvalue weighted by atomic mass is 35.5. The first-order chi connectivity index (χ1) is 17.4. The van der Waals surface area contributed by atoms with Crippen molar-refractivity contribution in [2.24, 2.45) is 0 Å². The molecule has 37 heavy (non-hydrogen) atoms. The van der Waals surface area contributed by atoms with E-state index in [0.29, 0.717) is 40.8 Å². The third kappa shape index (κ3) is 5.00. The lowest BCUT2D eigenvalue weighted by Gasteiger charge is -2.26. The number of alkyl halides is 3. The summed E-state index contributed by atoms with van der Waals surface area (Å²) in [6, 6.07) is 15.8. The Morgan fingerprint density at radius 2 is 1.84 bits per heavy atom. The molecule has 2 aromatic carbocycles. The van der Waals surface area contributed by atoms with Crippen LogP contribution in [0.4, 0.5) is 13.2 Å². The lowest BCUT2D eigenvalue weighted by atomic mass is 9.94. The zero-order valence-electron chi connectivity index (χ0n) is 19.5. The van der Waals surface area contributed by atoms with Crippen LogP contribution in [0.1, 0.15) is 41.8 Å². The Balaban J connectivity index is 1.62. The molecule has 0 saturated heterocycles. The van der Waals surface area contributed by atoms with Crippen LogP contribution in [0.2, 0.25) is 5.02 Å². The molecule has 0 spiro atoms. The van der Waals surface area contributed by atoms with Gasteiger partial charge in [0.15, 0.2) is 5.60 Å². The molecule has 194 valence electrons. The third-order valence-corrected chi connectivity index (χ3v) is 9.97. The van der Waals surface area contributed by atoms with Gasteiger partial charge in [0.2, 0.25) is 10.0 Å². The molecule has 1 fully saturated rings. The largest absolute Gasteiger partial charge is 0.421 e. The summed E-state index contributed by atoms with van der Waals surface area (Å²) in [5.74, 6) is 0. The average molecular weight is 567 g/mol. The van der Waals surface area contributed by atoms with Gasteiger partial charge in [0.25, 0.3) is 0 Å². The number of aliphatic hydroxyl groups is 1. The molecule has 0 amide bonds. The van der Waals surface area contributed by atoms with Gasteiger partial charge in [-0.1, -0.05) is 48.0 Å². The number of aromatic nitrogens is 1. The van der Waals surface area contributed by atoms with E-state index >= 15 is 0 Å². The lowest BCUT2D eigenvalue weighted by Crippen LogP contribution is -2.39. The molecule has 0 aliphatic heterocycles. The van der Waals surface area contributed by atoms with Gasteiger partial charge < -0.3 is 5.11 Å². The molecular formula is C26H22ClF3N2O3S2. The number of sulfonamides is 1. The number of nitrogens with one attached hydrogen (secondary N) is 1. The molecule has 1 aliphatic rings. The Morgan fingerprint density at radius 1 is 1.11 bits per heavy atom. The molecule has 1 aliphatic carbocycles. The zero-order valence-corrected chi connectivity index (χ0v) is 21.8. The SMILES string of the molecule is C[C@@](O)(c1ccnc(-c2cccc3cc([C@H](NS(=O)(=O)C4CC4)c4ccccc4Cl)sc23)c1)C(F)(F)F. The van der Waals surface area contributed by atoms with Crippen molar-refractivity contribution in [3.63, 3.8) is 0 Å². The van der Waals surface area contributed by atoms with E-state index in [4.69, 9.17) is 11.6 Å². The number of halogens is 4. The van der Waals surface area contributed by atoms with Crippen LogP contribution < -0.4 is 4.72 Å². The standard InChI is InChI=1S/C26H22ClF3N2O3S2/c1-25(33,26(28,29)30)16-11-12-31-21(14-16)19-7-4-5-15-13-22(36-24(15)19)23(18-6-2-3-8-20(18)27)32-37(34,35)17-9-10-17/h2-8,11-14,17,23,32-33H,9-10H2,1H3/t23-,25-/m1/s1. The van der Waals surface area contributed by atoms with Crippen molar-refractivity contribution in [3.8, 4) is 11.3 Å². The predicted octanol–water partition coefficient (Wildman–Crippen LogP) is 6.56. The number of nitrogens with zero attached hydrogens (tertiary/aromatic N) is 1. The quantitative estimate of drug-likeness (QED) is 0.266. The fourth-order valence-corrected chi connectivity index (χ4v) is 7.20. The number of thiophene rings is 1. The van der Waals surface area contributed by atoms with Crippen molar-refractivity contribution in [3.05, 3.63) is 87.9 Å². The highest BCUT2D eigenvalue weighted by Crippen LogP contribution is 2.43. The summed E-state index contributed by atoms with van der Waals surface area (Å²) < 4.78 is 69.7. The van der Waals surface area contributed by atoms with Crippen molar-refractivity contribution in [1.29, 1.82) is 0 Å². The number of pyridine rings is 1. The smallest absolute Gasteiger partial charge is 0.376 e. The van der Waals surface area contributed by atoms with Crippen LogP contribution in [0, 0.1) is 0 Å². The molecule has 0 radical (unpaired) electrons. The minimum Gasteiger partial charge on any atom is -0.376 e. The van der Waals surface area contributed by atoms with Crippen molar-refractivity contribution in [2.75, 3.05) is 0 Å². The highest BCUT2D eigenvalue weighted by molar-refractivity contribution is 7.90. The number of hydrogen-bond acceptors (Lipinski definition) is 5. The summed E-state index contributed by atoms with van der Waals surface area (Å²) >= 11 is 7.77. The molecule has 2 N–H and O–H groups in total. The van der Waals surface area contributed by atoms with Crippen LogP contribution in [-0.2, 0) is 15.6 Å². The van der Waals surface area contributed by atoms with Gasteiger partial charge in [-0.05, 0) is 60.5 Å². The summed E-state index contributed by atoms with van der Waals surface area (Å²) in [4.78, 5) is 4.95. The van der Waals surface area contributed by atoms with Crippen LogP contribution in [0.25, 0.3) is 21.3 Å². The molecule has 11 heteroatoms. The Hall–Kier alpha value is -2.50. The number of fused-ring (bicyclic) bond motifs is 1. The predicted molar refractivity (Wildman–Crippen MR) is 139 cm³/mol. The Labute approximate surface area is 221 Å². The summed E-state index contributed by atoms with van der Waals surface area (Å²) in [5, 5.41) is 10.9. The average Bonchev–Trinajstić information content (AvgIpc) is 3.62. The first-order valence-electron chi connectivity index (χ1n) is 11.4. The van der Waals surface area contributed by atoms with Crippen molar-refractivity contribution < 1.29 is 26.7 Å². The topological polar surface area (TPSA) is 79.3 Å². The molecule has 2 atom stereocenters. The van der Waals surface area contributed by atoms with E-state index in [-0.39, 0.29) is 11.3 Å². The minimum atomic E-state index is -4.87. The van der Waals surface area contributed by atoms with Gasteiger partial charge in [0.1, 0.15) is 0 Å². The van der Waals surface area contributed by atoms with Gasteiger partial charge in [0, 0.05) is 26.4 Å². The second-order valence-electron chi connectivity index (χ2n) is 9.19. The van der Waals surface area contributed by atoms with Gasteiger partial charge in [-0.2, -0.15) is 13.2 Å². The van der Waals surface area contributed by atoms with Crippen molar-refractivity contribution in [2.45, 2.75) is 42.8 Å². The van der Waals surface area contributed by atoms with Crippen molar-refractivity contribution in [1.82, 2.24) is 9.71 Å². The van der Waals surface area contributed by atoms with E-state index in [1.165, 1.54) is 23.6 Å². The molecular weight excluding hydrogens is 545 g/mol. The normalized spacial score (nSPS) is 17.0. The highest BCUT2D eigenvalue weighted by Gasteiger charge is 2.51. The second kappa shape index (κ2) is 9.36. The van der Waals surface area contributed by atoms with Crippen LogP contribution in [0.15, 0.2) is 66.9 Å². The molecule has 1 saturated carbocycles. The number of hydrogen-bond donors (Lipinski definition) is 2. The molecule has 2 heterocycles. The molecule has 5 rings (SSSR count). The molecule has 0 bridgehead atoms. The van der Waals surface area contributed by atoms with Gasteiger partial charge in [0.05, 0.1) is 17.0 Å². The zero-order chi connectivity index (χ0) is 26.6. The van der Waals surface area contributed by atoms with Crippen LogP contribution >= 0.6 is 22.9 Å². The molecule has 2 aromatic heterocycles. The van der Waals surface area contributed by atoms with Gasteiger partial charge >= 0.3 is 6.18 Å². The van der Waals surface area contributed by atoms with E-state index < -0.39 is 33.1 Å². The third-order valence-electron chi connectivity index (χ3n) is 6.46. The van der Waals surface area contributed by atoms with Crippen LogP contribution in [0.3, 0.4) is 0 Å². The lowest BCUT2D eigenvalue weighted by molar-refractivity contribution is -0.258. The summed E-state index contributed by atoms with van der Waals surface area (Å²) in [6.45, 7) is 0.704. The Bertz CT molecular complexity index is 1580. The number of rotatable bonds is 7. The molecule has 5 nitrogen and oxygen atoms in total. The maximum atomic E-state index is 13.5. The fourth-order valence-electron chi connectivity index (χ4n) is 4.09. The summed E-state index contributed by atoms with van der Waals surface area (Å²) in [7, 11) is -3.58. The first kappa shape index (κ1) is 26.1. The monoisotopic (exact) mass is 566 g/mol.